The Morgan fingerprint density at radius 3 is 1.96 bits per heavy atom. The molecule has 2 rings (SSSR count). The van der Waals surface area contributed by atoms with E-state index in [2.05, 4.69) is 0 Å². The second-order valence-electron chi connectivity index (χ2n) is 4.56. The van der Waals surface area contributed by atoms with Crippen LogP contribution in [0, 0.1) is 0 Å². The number of phenolic OH excluding ortho intramolecular Hbond substituents is 1. The average molecular weight is 324 g/mol. The van der Waals surface area contributed by atoms with Crippen LogP contribution in [0.2, 0.25) is 0 Å². The minimum absolute atomic E-state index is 0. The van der Waals surface area contributed by atoms with Crippen molar-refractivity contribution in [2.45, 2.75) is 0 Å². The summed E-state index contributed by atoms with van der Waals surface area (Å²) in [6, 6.07) is 11.1. The summed E-state index contributed by atoms with van der Waals surface area (Å²) in [5, 5.41) is 18.7. The molecule has 2 aromatic rings. The van der Waals surface area contributed by atoms with Gasteiger partial charge in [-0.3, -0.25) is 0 Å². The van der Waals surface area contributed by atoms with Gasteiger partial charge >= 0.3 is 35.5 Å². The molecule has 2 N–H and O–H groups in total. The monoisotopic (exact) mass is 324 g/mol. The van der Waals surface area contributed by atoms with Crippen LogP contribution in [0.1, 0.15) is 11.1 Å². The molecule has 0 aliphatic carbocycles. The zero-order valence-corrected chi connectivity index (χ0v) is 12.2. The zero-order chi connectivity index (χ0) is 16.1. The van der Waals surface area contributed by atoms with Crippen molar-refractivity contribution in [1.82, 2.24) is 0 Å². The first-order chi connectivity index (χ1) is 10.5. The van der Waals surface area contributed by atoms with Gasteiger partial charge in [-0.1, -0.05) is 12.1 Å². The maximum atomic E-state index is 11.5. The predicted molar refractivity (Wildman–Crippen MR) is 90.3 cm³/mol. The molecule has 0 spiro atoms. The molecule has 23 heavy (non-hydrogen) atoms. The van der Waals surface area contributed by atoms with E-state index in [1.54, 1.807) is 30.3 Å². The number of aliphatic carboxylic acids is 1. The van der Waals surface area contributed by atoms with Crippen LogP contribution in [0.15, 0.2) is 42.5 Å². The summed E-state index contributed by atoms with van der Waals surface area (Å²) in [6.45, 7) is 0. The van der Waals surface area contributed by atoms with Gasteiger partial charge in [0.15, 0.2) is 0 Å². The third-order valence-corrected chi connectivity index (χ3v) is 3.09. The van der Waals surface area contributed by atoms with Gasteiger partial charge in [0.05, 0.1) is 19.8 Å². The first-order valence-electron chi connectivity index (χ1n) is 6.51. The number of phenols is 1. The van der Waals surface area contributed by atoms with Crippen molar-refractivity contribution in [3.63, 3.8) is 0 Å². The fourth-order valence-corrected chi connectivity index (χ4v) is 1.99. The maximum absolute atomic E-state index is 11.5. The van der Waals surface area contributed by atoms with Crippen molar-refractivity contribution in [2.24, 2.45) is 0 Å². The summed E-state index contributed by atoms with van der Waals surface area (Å²) >= 11 is 0. The fraction of sp³-hybridized carbons (Fsp3) is 0.118. The van der Waals surface area contributed by atoms with E-state index in [9.17, 15) is 15.0 Å². The van der Waals surface area contributed by atoms with E-state index in [4.69, 9.17) is 9.47 Å². The molecule has 2 aromatic carbocycles. The van der Waals surface area contributed by atoms with Crippen molar-refractivity contribution in [3.05, 3.63) is 53.6 Å². The Morgan fingerprint density at radius 1 is 1.00 bits per heavy atom. The number of methoxy groups -OCH3 is 2. The molecule has 0 heterocycles. The van der Waals surface area contributed by atoms with E-state index < -0.39 is 5.97 Å². The number of carboxylic acids is 1. The Balaban J connectivity index is 0.00000264. The number of benzene rings is 2. The second kappa shape index (κ2) is 8.62. The molecule has 0 bridgehead atoms. The molecule has 0 saturated carbocycles. The van der Waals surface area contributed by atoms with Crippen molar-refractivity contribution in [3.8, 4) is 17.2 Å². The number of hydrogen-bond acceptors (Lipinski definition) is 4. The van der Waals surface area contributed by atoms with Crippen molar-refractivity contribution in [2.75, 3.05) is 14.2 Å². The van der Waals surface area contributed by atoms with Gasteiger partial charge in [0.2, 0.25) is 0 Å². The summed E-state index contributed by atoms with van der Waals surface area (Å²) < 4.78 is 10.3. The molecule has 116 valence electrons. The van der Waals surface area contributed by atoms with Crippen LogP contribution in [0.25, 0.3) is 11.6 Å². The van der Waals surface area contributed by atoms with Crippen LogP contribution >= 0.6 is 0 Å². The fourth-order valence-electron chi connectivity index (χ4n) is 1.99. The van der Waals surface area contributed by atoms with E-state index in [0.29, 0.717) is 22.6 Å². The van der Waals surface area contributed by atoms with Crippen LogP contribution in [0.5, 0.6) is 17.2 Å². The third-order valence-electron chi connectivity index (χ3n) is 3.09. The normalized spacial score (nSPS) is 10.6. The van der Waals surface area contributed by atoms with Crippen LogP contribution in [0.4, 0.5) is 0 Å². The van der Waals surface area contributed by atoms with Gasteiger partial charge < -0.3 is 19.7 Å². The van der Waals surface area contributed by atoms with Crippen LogP contribution in [-0.4, -0.2) is 60.0 Å². The number of carbonyl (C=O) groups is 1. The van der Waals surface area contributed by atoms with Gasteiger partial charge in [0.1, 0.15) is 17.2 Å². The third kappa shape index (κ3) is 5.03. The first-order valence-corrected chi connectivity index (χ1v) is 6.51. The molecule has 0 aromatic heterocycles. The number of rotatable bonds is 5. The van der Waals surface area contributed by atoms with Crippen LogP contribution < -0.4 is 9.47 Å². The molecule has 0 fully saturated rings. The molecule has 6 heteroatoms. The van der Waals surface area contributed by atoms with Gasteiger partial charge in [-0.15, -0.1) is 0 Å². The van der Waals surface area contributed by atoms with E-state index in [-0.39, 0.29) is 40.9 Å². The van der Waals surface area contributed by atoms with Gasteiger partial charge in [0.25, 0.3) is 0 Å². The topological polar surface area (TPSA) is 76.0 Å². The molecule has 5 nitrogen and oxygen atoms in total. The second-order valence-corrected chi connectivity index (χ2v) is 4.56. The van der Waals surface area contributed by atoms with E-state index in [1.807, 2.05) is 0 Å². The number of hydrogen-bond donors (Lipinski definition) is 2. The number of ether oxygens (including phenoxy) is 2. The summed E-state index contributed by atoms with van der Waals surface area (Å²) in [5.74, 6) is 0.158. The summed E-state index contributed by atoms with van der Waals surface area (Å²) in [7, 11) is 3.06. The van der Waals surface area contributed by atoms with Gasteiger partial charge in [-0.25, -0.2) is 4.79 Å². The zero-order valence-electron chi connectivity index (χ0n) is 12.2. The molecule has 0 amide bonds. The van der Waals surface area contributed by atoms with Crippen LogP contribution in [-0.2, 0) is 4.79 Å². The Labute approximate surface area is 156 Å². The predicted octanol–water partition coefficient (Wildman–Crippen LogP) is 2.39. The summed E-state index contributed by atoms with van der Waals surface area (Å²) in [4.78, 5) is 11.5. The SMILES string of the molecule is COc1cc(C=C(C(=O)O)c2ccc(O)cc2)cc(OC)c1.[NaH]. The standard InChI is InChI=1S/C17H16O5.Na.H/c1-21-14-7-11(8-15(10-14)22-2)9-16(17(19)20)12-3-5-13(18)6-4-12;;/h3-10,18H,1-2H3,(H,19,20);;. The Kier molecular flexibility index (Phi) is 7.16. The van der Waals surface area contributed by atoms with Crippen molar-refractivity contribution in [1.29, 1.82) is 0 Å². The molecular weight excluding hydrogens is 307 g/mol. The molecule has 0 atom stereocenters. The average Bonchev–Trinajstić information content (AvgIpc) is 2.53. The Hall–Kier alpha value is -1.95. The number of aromatic hydroxyl groups is 1. The summed E-state index contributed by atoms with van der Waals surface area (Å²) in [6.07, 6.45) is 1.53. The molecule has 0 radical (unpaired) electrons. The molecule has 0 aliphatic heterocycles. The summed E-state index contributed by atoms with van der Waals surface area (Å²) in [5.41, 5.74) is 1.24. The van der Waals surface area contributed by atoms with Gasteiger partial charge in [0, 0.05) is 6.07 Å². The van der Waals surface area contributed by atoms with Gasteiger partial charge in [-0.05, 0) is 41.5 Å². The number of carboxylic acid groups (broad SMARTS) is 1. The van der Waals surface area contributed by atoms with E-state index >= 15 is 0 Å². The molecule has 0 unspecified atom stereocenters. The quantitative estimate of drug-likeness (QED) is 0.502. The van der Waals surface area contributed by atoms with Crippen molar-refractivity contribution < 1.29 is 24.5 Å². The van der Waals surface area contributed by atoms with Crippen LogP contribution in [0.3, 0.4) is 0 Å². The first kappa shape index (κ1) is 19.1. The minimum atomic E-state index is -1.06. The van der Waals surface area contributed by atoms with Crippen molar-refractivity contribution >= 4 is 47.2 Å². The Bertz CT molecular complexity index is 685. The Morgan fingerprint density at radius 2 is 1.52 bits per heavy atom. The van der Waals surface area contributed by atoms with E-state index in [1.165, 1.54) is 32.4 Å². The molecular formula is C17H17NaO5. The van der Waals surface area contributed by atoms with Gasteiger partial charge in [-0.2, -0.15) is 0 Å². The molecule has 0 aliphatic rings. The molecule has 0 saturated heterocycles. The van der Waals surface area contributed by atoms with E-state index in [0.717, 1.165) is 0 Å².